The van der Waals surface area contributed by atoms with Crippen LogP contribution in [-0.4, -0.2) is 25.7 Å². The Labute approximate surface area is 97.1 Å². The van der Waals surface area contributed by atoms with E-state index in [-0.39, 0.29) is 10.6 Å². The molecule has 0 aromatic heterocycles. The molecule has 0 amide bonds. The number of nitrogens with two attached hydrogens (primary N) is 1. The third kappa shape index (κ3) is 3.13. The molecule has 2 N–H and O–H groups in total. The molecule has 0 atom stereocenters. The van der Waals surface area contributed by atoms with Crippen LogP contribution in [0.15, 0.2) is 18.2 Å². The van der Waals surface area contributed by atoms with Crippen molar-refractivity contribution < 1.29 is 19.1 Å². The smallest absolute Gasteiger partial charge is 0.344 e. The molecule has 0 bridgehead atoms. The summed E-state index contributed by atoms with van der Waals surface area (Å²) < 4.78 is 8.98. The predicted molar refractivity (Wildman–Crippen MR) is 58.2 cm³/mol. The fraction of sp³-hybridized carbons (Fsp3) is 0.200. The largest absolute Gasteiger partial charge is 0.466 e. The average Bonchev–Trinajstić information content (AvgIpc) is 2.29. The number of carbonyl (C=O) groups excluding carboxylic acids is 2. The molecule has 6 heteroatoms. The van der Waals surface area contributed by atoms with Gasteiger partial charge in [0.15, 0.2) is 6.61 Å². The molecule has 0 aliphatic rings. The molecule has 0 saturated carbocycles. The van der Waals surface area contributed by atoms with E-state index in [1.807, 2.05) is 0 Å². The van der Waals surface area contributed by atoms with Crippen LogP contribution >= 0.6 is 11.6 Å². The van der Waals surface area contributed by atoms with E-state index in [1.54, 1.807) is 0 Å². The topological polar surface area (TPSA) is 78.6 Å². The first-order chi connectivity index (χ1) is 7.54. The zero-order chi connectivity index (χ0) is 12.1. The SMILES string of the molecule is COC(=O)COC(=O)c1ccc(N)c(Cl)c1. The van der Waals surface area contributed by atoms with Gasteiger partial charge in [0.25, 0.3) is 0 Å². The number of nitrogen functional groups attached to an aromatic ring is 1. The third-order valence-corrected chi connectivity index (χ3v) is 2.11. The summed E-state index contributed by atoms with van der Waals surface area (Å²) in [5.74, 6) is -1.29. The molecular weight excluding hydrogens is 234 g/mol. The van der Waals surface area contributed by atoms with Crippen LogP contribution in [0.1, 0.15) is 10.4 Å². The monoisotopic (exact) mass is 243 g/mol. The van der Waals surface area contributed by atoms with Gasteiger partial charge in [0, 0.05) is 0 Å². The zero-order valence-corrected chi connectivity index (χ0v) is 9.28. The molecule has 86 valence electrons. The summed E-state index contributed by atoms with van der Waals surface area (Å²) in [7, 11) is 1.20. The number of hydrogen-bond acceptors (Lipinski definition) is 5. The summed E-state index contributed by atoms with van der Waals surface area (Å²) in [4.78, 5) is 22.1. The lowest BCUT2D eigenvalue weighted by molar-refractivity contribution is -0.144. The highest BCUT2D eigenvalue weighted by Crippen LogP contribution is 2.19. The minimum atomic E-state index is -0.660. The van der Waals surface area contributed by atoms with Crippen LogP contribution in [0.2, 0.25) is 5.02 Å². The lowest BCUT2D eigenvalue weighted by Crippen LogP contribution is -2.15. The number of hydrogen-bond donors (Lipinski definition) is 1. The van der Waals surface area contributed by atoms with Crippen molar-refractivity contribution in [3.05, 3.63) is 28.8 Å². The molecule has 0 unspecified atom stereocenters. The molecular formula is C10H10ClNO4. The van der Waals surface area contributed by atoms with Crippen LogP contribution in [0.25, 0.3) is 0 Å². The van der Waals surface area contributed by atoms with Gasteiger partial charge in [-0.1, -0.05) is 11.6 Å². The number of ether oxygens (including phenoxy) is 2. The van der Waals surface area contributed by atoms with E-state index in [2.05, 4.69) is 9.47 Å². The molecule has 0 heterocycles. The van der Waals surface area contributed by atoms with Crippen molar-refractivity contribution in [2.75, 3.05) is 19.5 Å². The minimum absolute atomic E-state index is 0.225. The molecule has 5 nitrogen and oxygen atoms in total. The van der Waals surface area contributed by atoms with E-state index >= 15 is 0 Å². The summed E-state index contributed by atoms with van der Waals surface area (Å²) in [5, 5.41) is 0.257. The van der Waals surface area contributed by atoms with Crippen LogP contribution in [0.5, 0.6) is 0 Å². The number of rotatable bonds is 3. The lowest BCUT2D eigenvalue weighted by Gasteiger charge is -2.04. The Bertz CT molecular complexity index is 419. The van der Waals surface area contributed by atoms with E-state index in [0.29, 0.717) is 5.69 Å². The summed E-state index contributed by atoms with van der Waals surface area (Å²) in [6.07, 6.45) is 0. The van der Waals surface area contributed by atoms with Crippen molar-refractivity contribution >= 4 is 29.2 Å². The second kappa shape index (κ2) is 5.37. The number of carbonyl (C=O) groups is 2. The summed E-state index contributed by atoms with van der Waals surface area (Å²) in [5.41, 5.74) is 6.07. The van der Waals surface area contributed by atoms with Crippen molar-refractivity contribution in [2.24, 2.45) is 0 Å². The quantitative estimate of drug-likeness (QED) is 0.639. The standard InChI is InChI=1S/C10H10ClNO4/c1-15-9(13)5-16-10(14)6-2-3-8(12)7(11)4-6/h2-4H,5,12H2,1H3. The van der Waals surface area contributed by atoms with E-state index in [4.69, 9.17) is 17.3 Å². The summed E-state index contributed by atoms with van der Waals surface area (Å²) >= 11 is 5.72. The Balaban J connectivity index is 2.66. The Morgan fingerprint density at radius 2 is 2.12 bits per heavy atom. The lowest BCUT2D eigenvalue weighted by atomic mass is 10.2. The second-order valence-corrected chi connectivity index (χ2v) is 3.30. The molecule has 0 aliphatic heterocycles. The third-order valence-electron chi connectivity index (χ3n) is 1.78. The van der Waals surface area contributed by atoms with Gasteiger partial charge in [0.1, 0.15) is 0 Å². The maximum absolute atomic E-state index is 11.4. The fourth-order valence-electron chi connectivity index (χ4n) is 0.921. The molecule has 1 aromatic carbocycles. The van der Waals surface area contributed by atoms with Gasteiger partial charge in [0.2, 0.25) is 0 Å². The number of methoxy groups -OCH3 is 1. The Kier molecular flexibility index (Phi) is 4.13. The first-order valence-corrected chi connectivity index (χ1v) is 4.71. The van der Waals surface area contributed by atoms with E-state index < -0.39 is 18.5 Å². The van der Waals surface area contributed by atoms with Crippen LogP contribution in [-0.2, 0) is 14.3 Å². The van der Waals surface area contributed by atoms with Crippen LogP contribution < -0.4 is 5.73 Å². The molecule has 16 heavy (non-hydrogen) atoms. The molecule has 0 spiro atoms. The number of benzene rings is 1. The Morgan fingerprint density at radius 3 is 2.69 bits per heavy atom. The van der Waals surface area contributed by atoms with Gasteiger partial charge in [-0.25, -0.2) is 9.59 Å². The van der Waals surface area contributed by atoms with Gasteiger partial charge in [-0.2, -0.15) is 0 Å². The van der Waals surface area contributed by atoms with Crippen molar-refractivity contribution in [3.63, 3.8) is 0 Å². The Hall–Kier alpha value is -1.75. The van der Waals surface area contributed by atoms with Gasteiger partial charge in [-0.3, -0.25) is 0 Å². The second-order valence-electron chi connectivity index (χ2n) is 2.89. The van der Waals surface area contributed by atoms with Gasteiger partial charge >= 0.3 is 11.9 Å². The number of halogens is 1. The molecule has 1 aromatic rings. The van der Waals surface area contributed by atoms with E-state index in [0.717, 1.165) is 0 Å². The maximum atomic E-state index is 11.4. The minimum Gasteiger partial charge on any atom is -0.466 e. The van der Waals surface area contributed by atoms with Gasteiger partial charge < -0.3 is 15.2 Å². The molecule has 1 rings (SSSR count). The van der Waals surface area contributed by atoms with E-state index in [1.165, 1.54) is 25.3 Å². The Morgan fingerprint density at radius 1 is 1.44 bits per heavy atom. The summed E-state index contributed by atoms with van der Waals surface area (Å²) in [6.45, 7) is -0.433. The van der Waals surface area contributed by atoms with Crippen molar-refractivity contribution in [2.45, 2.75) is 0 Å². The highest BCUT2D eigenvalue weighted by atomic mass is 35.5. The average molecular weight is 244 g/mol. The first kappa shape index (κ1) is 12.3. The van der Waals surface area contributed by atoms with E-state index in [9.17, 15) is 9.59 Å². The molecule has 0 fully saturated rings. The number of esters is 2. The van der Waals surface area contributed by atoms with Crippen LogP contribution in [0.3, 0.4) is 0 Å². The van der Waals surface area contributed by atoms with Crippen molar-refractivity contribution in [1.29, 1.82) is 0 Å². The van der Waals surface area contributed by atoms with Gasteiger partial charge in [0.05, 0.1) is 23.4 Å². The van der Waals surface area contributed by atoms with Crippen LogP contribution in [0, 0.1) is 0 Å². The molecule has 0 radical (unpaired) electrons. The first-order valence-electron chi connectivity index (χ1n) is 4.33. The van der Waals surface area contributed by atoms with Crippen molar-refractivity contribution in [3.8, 4) is 0 Å². The predicted octanol–water partition coefficient (Wildman–Crippen LogP) is 1.25. The highest BCUT2D eigenvalue weighted by molar-refractivity contribution is 6.33. The molecule has 0 saturated heterocycles. The van der Waals surface area contributed by atoms with Gasteiger partial charge in [-0.15, -0.1) is 0 Å². The van der Waals surface area contributed by atoms with Gasteiger partial charge in [-0.05, 0) is 18.2 Å². The number of anilines is 1. The molecule has 0 aliphatic carbocycles. The highest BCUT2D eigenvalue weighted by Gasteiger charge is 2.11. The fourth-order valence-corrected chi connectivity index (χ4v) is 1.10. The maximum Gasteiger partial charge on any atom is 0.344 e. The summed E-state index contributed by atoms with van der Waals surface area (Å²) in [6, 6.07) is 4.31. The van der Waals surface area contributed by atoms with Crippen molar-refractivity contribution in [1.82, 2.24) is 0 Å². The van der Waals surface area contributed by atoms with Crippen LogP contribution in [0.4, 0.5) is 5.69 Å². The normalized spacial score (nSPS) is 9.62. The zero-order valence-electron chi connectivity index (χ0n) is 8.53.